The number of carbonyl (C=O) groups is 2. The molecule has 5 nitrogen and oxygen atoms in total. The van der Waals surface area contributed by atoms with Gasteiger partial charge in [0.25, 0.3) is 0 Å². The van der Waals surface area contributed by atoms with Crippen LogP contribution in [-0.2, 0) is 15.7 Å². The van der Waals surface area contributed by atoms with E-state index in [0.29, 0.717) is 13.0 Å². The predicted molar refractivity (Wildman–Crippen MR) is 106 cm³/mol. The number of hydrogen-bond donors (Lipinski definition) is 0. The van der Waals surface area contributed by atoms with Gasteiger partial charge in [-0.05, 0) is 31.0 Å². The van der Waals surface area contributed by atoms with Crippen LogP contribution in [0.1, 0.15) is 69.8 Å². The number of rotatable bonds is 1. The highest BCUT2D eigenvalue weighted by atomic mass is 19.4. The van der Waals surface area contributed by atoms with Gasteiger partial charge in [0.15, 0.2) is 0 Å². The van der Waals surface area contributed by atoms with Crippen molar-refractivity contribution in [3.05, 3.63) is 29.8 Å². The SMILES string of the molecule is O=C1CCCCCCCCCCCN(C(=O)Oc2cccc(C(F)(F)F)c2)CCO1. The first kappa shape index (κ1) is 24.0. The molecule has 0 radical (unpaired) electrons. The number of halogens is 3. The van der Waals surface area contributed by atoms with Crippen molar-refractivity contribution in [2.75, 3.05) is 19.7 Å². The lowest BCUT2D eigenvalue weighted by Crippen LogP contribution is -2.37. The van der Waals surface area contributed by atoms with Crippen LogP contribution in [0.15, 0.2) is 24.3 Å². The molecule has 168 valence electrons. The van der Waals surface area contributed by atoms with Crippen LogP contribution in [0.4, 0.5) is 18.0 Å². The fourth-order valence-corrected chi connectivity index (χ4v) is 3.35. The van der Waals surface area contributed by atoms with Gasteiger partial charge in [-0.15, -0.1) is 0 Å². The molecule has 0 bridgehead atoms. The number of benzene rings is 1. The third-order valence-electron chi connectivity index (χ3n) is 5.06. The molecule has 1 aromatic rings. The first-order chi connectivity index (χ1) is 14.4. The van der Waals surface area contributed by atoms with Crippen LogP contribution in [0.25, 0.3) is 0 Å². The Hall–Kier alpha value is -2.25. The molecule has 1 heterocycles. The second-order valence-corrected chi connectivity index (χ2v) is 7.53. The van der Waals surface area contributed by atoms with E-state index in [4.69, 9.17) is 9.47 Å². The molecular weight excluding hydrogens is 399 g/mol. The Morgan fingerprint density at radius 3 is 2.23 bits per heavy atom. The molecule has 0 saturated carbocycles. The van der Waals surface area contributed by atoms with E-state index in [9.17, 15) is 22.8 Å². The second-order valence-electron chi connectivity index (χ2n) is 7.53. The molecule has 1 amide bonds. The normalized spacial score (nSPS) is 18.5. The van der Waals surface area contributed by atoms with Gasteiger partial charge in [-0.2, -0.15) is 13.2 Å². The highest BCUT2D eigenvalue weighted by Crippen LogP contribution is 2.31. The maximum Gasteiger partial charge on any atom is 0.416 e. The van der Waals surface area contributed by atoms with Crippen molar-refractivity contribution in [1.29, 1.82) is 0 Å². The van der Waals surface area contributed by atoms with Gasteiger partial charge in [0.2, 0.25) is 0 Å². The van der Waals surface area contributed by atoms with Gasteiger partial charge in [-0.1, -0.05) is 51.0 Å². The highest BCUT2D eigenvalue weighted by Gasteiger charge is 2.31. The summed E-state index contributed by atoms with van der Waals surface area (Å²) in [6, 6.07) is 4.23. The third-order valence-corrected chi connectivity index (χ3v) is 5.06. The molecule has 30 heavy (non-hydrogen) atoms. The Morgan fingerprint density at radius 1 is 0.933 bits per heavy atom. The Kier molecular flexibility index (Phi) is 9.97. The summed E-state index contributed by atoms with van der Waals surface area (Å²) in [6.45, 7) is 0.579. The van der Waals surface area contributed by atoms with Gasteiger partial charge in [0.1, 0.15) is 12.4 Å². The summed E-state index contributed by atoms with van der Waals surface area (Å²) in [4.78, 5) is 25.7. The number of ether oxygens (including phenoxy) is 2. The number of amides is 1. The average Bonchev–Trinajstić information content (AvgIpc) is 2.69. The van der Waals surface area contributed by atoms with Gasteiger partial charge >= 0.3 is 18.2 Å². The maximum atomic E-state index is 12.9. The standard InChI is InChI=1S/C22H30F3NO4/c23-22(24,25)18-11-10-12-19(17-18)30-21(28)26-14-9-7-5-3-1-2-4-6-8-13-20(27)29-16-15-26/h10-12,17H,1-9,13-16H2. The quantitative estimate of drug-likeness (QED) is 0.517. The molecule has 0 N–H and O–H groups in total. The van der Waals surface area contributed by atoms with E-state index in [-0.39, 0.29) is 24.9 Å². The lowest BCUT2D eigenvalue weighted by atomic mass is 10.1. The van der Waals surface area contributed by atoms with Crippen LogP contribution < -0.4 is 4.74 Å². The Labute approximate surface area is 175 Å². The molecule has 1 aliphatic heterocycles. The third kappa shape index (κ3) is 9.05. The average molecular weight is 429 g/mol. The molecule has 8 heteroatoms. The minimum absolute atomic E-state index is 0.0382. The van der Waals surface area contributed by atoms with Crippen molar-refractivity contribution >= 4 is 12.1 Å². The first-order valence-corrected chi connectivity index (χ1v) is 10.7. The van der Waals surface area contributed by atoms with Gasteiger partial charge in [-0.3, -0.25) is 4.79 Å². The van der Waals surface area contributed by atoms with Gasteiger partial charge in [0.05, 0.1) is 12.1 Å². The molecule has 1 fully saturated rings. The van der Waals surface area contributed by atoms with Crippen LogP contribution in [0.5, 0.6) is 5.75 Å². The summed E-state index contributed by atoms with van der Waals surface area (Å²) in [7, 11) is 0. The first-order valence-electron chi connectivity index (χ1n) is 10.7. The van der Waals surface area contributed by atoms with Gasteiger partial charge in [-0.25, -0.2) is 4.79 Å². The minimum Gasteiger partial charge on any atom is -0.464 e. The predicted octanol–water partition coefficient (Wildman–Crippen LogP) is 5.96. The molecule has 1 aromatic carbocycles. The van der Waals surface area contributed by atoms with Crippen LogP contribution in [-0.4, -0.2) is 36.7 Å². The topological polar surface area (TPSA) is 55.8 Å². The zero-order chi connectivity index (χ0) is 21.8. The Balaban J connectivity index is 1.96. The molecule has 1 aliphatic rings. The number of hydrogen-bond acceptors (Lipinski definition) is 4. The van der Waals surface area contributed by atoms with E-state index in [2.05, 4.69) is 0 Å². The second kappa shape index (κ2) is 12.4. The summed E-state index contributed by atoms with van der Waals surface area (Å²) < 4.78 is 49.0. The molecule has 1 saturated heterocycles. The summed E-state index contributed by atoms with van der Waals surface area (Å²) in [5.74, 6) is -0.466. The lowest BCUT2D eigenvalue weighted by molar-refractivity contribution is -0.144. The number of esters is 1. The molecule has 0 unspecified atom stereocenters. The number of nitrogens with zero attached hydrogens (tertiary/aromatic N) is 1. The van der Waals surface area contributed by atoms with Gasteiger partial charge in [0, 0.05) is 13.0 Å². The van der Waals surface area contributed by atoms with Crippen LogP contribution in [0.3, 0.4) is 0 Å². The highest BCUT2D eigenvalue weighted by molar-refractivity contribution is 5.71. The van der Waals surface area contributed by atoms with Crippen molar-refractivity contribution in [3.63, 3.8) is 0 Å². The minimum atomic E-state index is -4.51. The summed E-state index contributed by atoms with van der Waals surface area (Å²) in [5.41, 5.74) is -0.880. The molecule has 0 aromatic heterocycles. The largest absolute Gasteiger partial charge is 0.464 e. The molecular formula is C22H30F3NO4. The van der Waals surface area contributed by atoms with Crippen LogP contribution in [0.2, 0.25) is 0 Å². The molecule has 2 rings (SSSR count). The zero-order valence-electron chi connectivity index (χ0n) is 17.2. The summed E-state index contributed by atoms with van der Waals surface area (Å²) >= 11 is 0. The smallest absolute Gasteiger partial charge is 0.416 e. The molecule has 0 aliphatic carbocycles. The summed E-state index contributed by atoms with van der Waals surface area (Å²) in [5, 5.41) is 0. The van der Waals surface area contributed by atoms with Gasteiger partial charge < -0.3 is 14.4 Å². The van der Waals surface area contributed by atoms with Crippen molar-refractivity contribution < 1.29 is 32.2 Å². The Morgan fingerprint density at radius 2 is 1.57 bits per heavy atom. The summed E-state index contributed by atoms with van der Waals surface area (Å²) in [6.07, 6.45) is 4.25. The lowest BCUT2D eigenvalue weighted by Gasteiger charge is -2.22. The maximum absolute atomic E-state index is 12.9. The number of carbonyl (C=O) groups excluding carboxylic acids is 2. The van der Waals surface area contributed by atoms with E-state index in [1.807, 2.05) is 0 Å². The van der Waals surface area contributed by atoms with Crippen LogP contribution in [0, 0.1) is 0 Å². The number of cyclic esters (lactones) is 1. The van der Waals surface area contributed by atoms with Crippen molar-refractivity contribution in [2.24, 2.45) is 0 Å². The molecule has 0 spiro atoms. The monoisotopic (exact) mass is 429 g/mol. The van der Waals surface area contributed by atoms with E-state index < -0.39 is 17.8 Å². The fraction of sp³-hybridized carbons (Fsp3) is 0.636. The van der Waals surface area contributed by atoms with E-state index in [0.717, 1.165) is 69.9 Å². The van der Waals surface area contributed by atoms with E-state index in [1.165, 1.54) is 17.0 Å². The number of alkyl halides is 3. The van der Waals surface area contributed by atoms with Crippen LogP contribution >= 0.6 is 0 Å². The Bertz CT molecular complexity index is 679. The van der Waals surface area contributed by atoms with Crippen molar-refractivity contribution in [2.45, 2.75) is 70.4 Å². The fourth-order valence-electron chi connectivity index (χ4n) is 3.35. The van der Waals surface area contributed by atoms with Crippen molar-refractivity contribution in [3.8, 4) is 5.75 Å². The van der Waals surface area contributed by atoms with Crippen molar-refractivity contribution in [1.82, 2.24) is 4.90 Å². The zero-order valence-corrected chi connectivity index (χ0v) is 17.2. The van der Waals surface area contributed by atoms with E-state index in [1.54, 1.807) is 0 Å². The molecule has 0 atom stereocenters. The van der Waals surface area contributed by atoms with E-state index >= 15 is 0 Å².